The highest BCUT2D eigenvalue weighted by Crippen LogP contribution is 2.22. The lowest BCUT2D eigenvalue weighted by Gasteiger charge is -2.22. The Morgan fingerprint density at radius 2 is 2.15 bits per heavy atom. The Kier molecular flexibility index (Phi) is 3.99. The third-order valence-electron chi connectivity index (χ3n) is 3.46. The van der Waals surface area contributed by atoms with E-state index in [0.717, 1.165) is 18.8 Å². The molecule has 1 aromatic carbocycles. The van der Waals surface area contributed by atoms with Gasteiger partial charge in [-0.25, -0.2) is 0 Å². The Labute approximate surface area is 118 Å². The Morgan fingerprint density at radius 3 is 3.00 bits per heavy atom. The number of rotatable bonds is 4. The molecule has 3 rings (SSSR count). The summed E-state index contributed by atoms with van der Waals surface area (Å²) in [4.78, 5) is 2.22. The van der Waals surface area contributed by atoms with Gasteiger partial charge in [-0.2, -0.15) is 5.10 Å². The van der Waals surface area contributed by atoms with Crippen LogP contribution in [0, 0.1) is 0 Å². The maximum absolute atomic E-state index is 10.2. The number of hydrogen-bond donors (Lipinski definition) is 1. The molecular formula is C15H19N3O2. The van der Waals surface area contributed by atoms with Crippen LogP contribution in [0.3, 0.4) is 0 Å². The minimum atomic E-state index is -0.430. The zero-order valence-corrected chi connectivity index (χ0v) is 11.4. The van der Waals surface area contributed by atoms with Crippen molar-refractivity contribution >= 4 is 0 Å². The molecule has 0 saturated carbocycles. The summed E-state index contributed by atoms with van der Waals surface area (Å²) in [6.45, 7) is 3.44. The molecule has 106 valence electrons. The van der Waals surface area contributed by atoms with E-state index in [4.69, 9.17) is 4.74 Å². The van der Waals surface area contributed by atoms with Crippen molar-refractivity contribution in [3.8, 4) is 5.75 Å². The van der Waals surface area contributed by atoms with Gasteiger partial charge in [-0.1, -0.05) is 18.2 Å². The van der Waals surface area contributed by atoms with Crippen molar-refractivity contribution < 1.29 is 9.84 Å². The van der Waals surface area contributed by atoms with Gasteiger partial charge >= 0.3 is 0 Å². The van der Waals surface area contributed by atoms with Crippen molar-refractivity contribution in [2.24, 2.45) is 0 Å². The van der Waals surface area contributed by atoms with Crippen LogP contribution in [-0.4, -0.2) is 45.6 Å². The van der Waals surface area contributed by atoms with Crippen LogP contribution in [0.4, 0.5) is 0 Å². The molecule has 0 aliphatic carbocycles. The average Bonchev–Trinajstić information content (AvgIpc) is 2.85. The van der Waals surface area contributed by atoms with Crippen LogP contribution >= 0.6 is 0 Å². The van der Waals surface area contributed by atoms with Gasteiger partial charge in [-0.05, 0) is 12.1 Å². The number of aromatic nitrogens is 2. The molecule has 2 heterocycles. The molecule has 1 aromatic heterocycles. The van der Waals surface area contributed by atoms with Gasteiger partial charge in [-0.3, -0.25) is 9.58 Å². The maximum Gasteiger partial charge on any atom is 0.123 e. The molecule has 1 atom stereocenters. The van der Waals surface area contributed by atoms with Crippen molar-refractivity contribution in [3.05, 3.63) is 48.3 Å². The van der Waals surface area contributed by atoms with Gasteiger partial charge in [0.1, 0.15) is 12.4 Å². The zero-order chi connectivity index (χ0) is 13.8. The quantitative estimate of drug-likeness (QED) is 0.907. The van der Waals surface area contributed by atoms with E-state index in [2.05, 4.69) is 16.1 Å². The minimum absolute atomic E-state index is 0.430. The molecule has 1 N–H and O–H groups in total. The van der Waals surface area contributed by atoms with Crippen LogP contribution in [0.25, 0.3) is 0 Å². The van der Waals surface area contributed by atoms with Crippen molar-refractivity contribution in [1.29, 1.82) is 0 Å². The summed E-state index contributed by atoms with van der Waals surface area (Å²) in [5.41, 5.74) is 1.18. The fourth-order valence-electron chi connectivity index (χ4n) is 2.52. The average molecular weight is 273 g/mol. The summed E-state index contributed by atoms with van der Waals surface area (Å²) >= 11 is 0. The van der Waals surface area contributed by atoms with Crippen LogP contribution < -0.4 is 4.74 Å². The smallest absolute Gasteiger partial charge is 0.123 e. The number of hydrogen-bond acceptors (Lipinski definition) is 4. The predicted molar refractivity (Wildman–Crippen MR) is 75.4 cm³/mol. The first-order chi connectivity index (χ1) is 9.81. The second-order valence-corrected chi connectivity index (χ2v) is 5.07. The molecule has 20 heavy (non-hydrogen) atoms. The first-order valence-corrected chi connectivity index (χ1v) is 6.90. The number of para-hydroxylation sites is 1. The molecule has 2 aromatic rings. The number of nitrogens with zero attached hydrogens (tertiary/aromatic N) is 3. The molecule has 1 aliphatic rings. The monoisotopic (exact) mass is 273 g/mol. The summed E-state index contributed by atoms with van der Waals surface area (Å²) < 4.78 is 7.48. The fraction of sp³-hybridized carbons (Fsp3) is 0.400. The number of ether oxygens (including phenoxy) is 1. The van der Waals surface area contributed by atoms with Gasteiger partial charge in [0.2, 0.25) is 0 Å². The van der Waals surface area contributed by atoms with Gasteiger partial charge in [0.05, 0.1) is 12.6 Å². The Bertz CT molecular complexity index is 542. The highest BCUT2D eigenvalue weighted by atomic mass is 16.5. The molecule has 0 bridgehead atoms. The largest absolute Gasteiger partial charge is 0.492 e. The van der Waals surface area contributed by atoms with Crippen molar-refractivity contribution in [2.45, 2.75) is 19.2 Å². The summed E-state index contributed by atoms with van der Waals surface area (Å²) in [5, 5.41) is 14.3. The van der Waals surface area contributed by atoms with E-state index in [1.165, 1.54) is 5.56 Å². The van der Waals surface area contributed by atoms with Crippen molar-refractivity contribution in [2.75, 3.05) is 19.7 Å². The van der Waals surface area contributed by atoms with E-state index in [9.17, 15) is 5.11 Å². The molecule has 5 heteroatoms. The summed E-state index contributed by atoms with van der Waals surface area (Å²) in [6.07, 6.45) is 3.16. The summed E-state index contributed by atoms with van der Waals surface area (Å²) in [5.74, 6) is 0.955. The molecule has 5 nitrogen and oxygen atoms in total. The second kappa shape index (κ2) is 6.07. The predicted octanol–water partition coefficient (Wildman–Crippen LogP) is 1.14. The molecule has 0 unspecified atom stereocenters. The molecule has 0 saturated heterocycles. The Balaban J connectivity index is 1.60. The molecule has 0 spiro atoms. The molecular weight excluding hydrogens is 254 g/mol. The molecule has 0 fully saturated rings. The normalized spacial score (nSPS) is 17.1. The van der Waals surface area contributed by atoms with E-state index < -0.39 is 6.10 Å². The lowest BCUT2D eigenvalue weighted by Crippen LogP contribution is -2.35. The number of aliphatic hydroxyl groups is 1. The van der Waals surface area contributed by atoms with Gasteiger partial charge in [0.15, 0.2) is 0 Å². The standard InChI is InChI=1S/C15H19N3O2/c19-14(12-18-7-3-6-16-18)11-17-8-9-20-15-5-2-1-4-13(15)10-17/h1-7,14,19H,8-12H2/t14-/m1/s1. The number of β-amino-alcohol motifs (C(OH)–C–C–N with tert-alkyl or cyclic N) is 1. The van der Waals surface area contributed by atoms with Gasteiger partial charge < -0.3 is 9.84 Å². The zero-order valence-electron chi connectivity index (χ0n) is 11.4. The third kappa shape index (κ3) is 3.18. The van der Waals surface area contributed by atoms with E-state index in [0.29, 0.717) is 19.7 Å². The van der Waals surface area contributed by atoms with Crippen LogP contribution in [-0.2, 0) is 13.1 Å². The fourth-order valence-corrected chi connectivity index (χ4v) is 2.52. The molecule has 1 aliphatic heterocycles. The van der Waals surface area contributed by atoms with Crippen molar-refractivity contribution in [1.82, 2.24) is 14.7 Å². The first-order valence-electron chi connectivity index (χ1n) is 6.90. The number of benzene rings is 1. The second-order valence-electron chi connectivity index (χ2n) is 5.07. The van der Waals surface area contributed by atoms with E-state index in [1.807, 2.05) is 30.5 Å². The van der Waals surface area contributed by atoms with Crippen LogP contribution in [0.15, 0.2) is 42.7 Å². The maximum atomic E-state index is 10.2. The van der Waals surface area contributed by atoms with Gasteiger partial charge in [0.25, 0.3) is 0 Å². The third-order valence-corrected chi connectivity index (χ3v) is 3.46. The van der Waals surface area contributed by atoms with E-state index >= 15 is 0 Å². The van der Waals surface area contributed by atoms with Gasteiger partial charge in [0, 0.05) is 37.6 Å². The summed E-state index contributed by atoms with van der Waals surface area (Å²) in [6, 6.07) is 9.95. The lowest BCUT2D eigenvalue weighted by molar-refractivity contribution is 0.0884. The Hall–Kier alpha value is -1.85. The lowest BCUT2D eigenvalue weighted by atomic mass is 10.2. The first kappa shape index (κ1) is 13.1. The van der Waals surface area contributed by atoms with Crippen molar-refractivity contribution in [3.63, 3.8) is 0 Å². The summed E-state index contributed by atoms with van der Waals surface area (Å²) in [7, 11) is 0. The highest BCUT2D eigenvalue weighted by Gasteiger charge is 2.17. The Morgan fingerprint density at radius 1 is 1.25 bits per heavy atom. The highest BCUT2D eigenvalue weighted by molar-refractivity contribution is 5.33. The van der Waals surface area contributed by atoms with Crippen LogP contribution in [0.2, 0.25) is 0 Å². The van der Waals surface area contributed by atoms with Crippen LogP contribution in [0.1, 0.15) is 5.56 Å². The van der Waals surface area contributed by atoms with Crippen LogP contribution in [0.5, 0.6) is 5.75 Å². The van der Waals surface area contributed by atoms with Gasteiger partial charge in [-0.15, -0.1) is 0 Å². The number of fused-ring (bicyclic) bond motifs is 1. The topological polar surface area (TPSA) is 50.5 Å². The number of aliphatic hydroxyl groups excluding tert-OH is 1. The minimum Gasteiger partial charge on any atom is -0.492 e. The molecule has 0 amide bonds. The van der Waals surface area contributed by atoms with E-state index in [1.54, 1.807) is 10.9 Å². The molecule has 0 radical (unpaired) electrons. The van der Waals surface area contributed by atoms with E-state index in [-0.39, 0.29) is 0 Å². The SMILES string of the molecule is O[C@H](CN1CCOc2ccccc2C1)Cn1cccn1.